The van der Waals surface area contributed by atoms with Crippen LogP contribution in [0.5, 0.6) is 0 Å². The maximum atomic E-state index is 12.3. The van der Waals surface area contributed by atoms with E-state index in [4.69, 9.17) is 25.2 Å². The van der Waals surface area contributed by atoms with Crippen molar-refractivity contribution >= 4 is 28.9 Å². The first-order chi connectivity index (χ1) is 16.3. The number of ether oxygens (including phenoxy) is 2. The van der Waals surface area contributed by atoms with Crippen molar-refractivity contribution in [3.05, 3.63) is 41.9 Å². The minimum atomic E-state index is -0.488. The topological polar surface area (TPSA) is 103 Å². The molecule has 2 aliphatic rings. The van der Waals surface area contributed by atoms with Gasteiger partial charge in [-0.05, 0) is 64.0 Å². The Kier molecular flexibility index (Phi) is 7.46. The van der Waals surface area contributed by atoms with Crippen molar-refractivity contribution in [3.8, 4) is 0 Å². The number of amides is 1. The normalized spacial score (nSPS) is 19.1. The van der Waals surface area contributed by atoms with E-state index in [0.29, 0.717) is 24.7 Å². The largest absolute Gasteiger partial charge is 0.444 e. The first-order valence-electron chi connectivity index (χ1n) is 12.1. The number of piperidine rings is 1. The summed E-state index contributed by atoms with van der Waals surface area (Å²) in [6.07, 6.45) is 8.38. The van der Waals surface area contributed by atoms with Gasteiger partial charge < -0.3 is 20.1 Å². The Labute approximate surface area is 201 Å². The monoisotopic (exact) mass is 465 g/mol. The molecular formula is C26H35N5O3. The van der Waals surface area contributed by atoms with Gasteiger partial charge in [0, 0.05) is 44.3 Å². The average molecular weight is 466 g/mol. The van der Waals surface area contributed by atoms with Crippen molar-refractivity contribution in [2.24, 2.45) is 10.7 Å². The van der Waals surface area contributed by atoms with Crippen molar-refractivity contribution in [2.75, 3.05) is 26.3 Å². The Morgan fingerprint density at radius 3 is 2.62 bits per heavy atom. The molecule has 34 heavy (non-hydrogen) atoms. The van der Waals surface area contributed by atoms with Gasteiger partial charge in [-0.3, -0.25) is 9.98 Å². The standard InChI is InChI=1S/C26H35N5O3/c1-26(2,3)34-25(32)31-11-7-20(8-12-31)28-16-19(15-27)23-17-29-22-6-4-5-21(24(22)30-23)18-9-13-33-14-10-18/h4-6,15-18,20H,7-14,27H2,1-3H3. The molecule has 4 rings (SSSR count). The minimum absolute atomic E-state index is 0.125. The van der Waals surface area contributed by atoms with E-state index in [1.807, 2.05) is 32.9 Å². The molecule has 2 N–H and O–H groups in total. The van der Waals surface area contributed by atoms with Crippen LogP contribution in [0.3, 0.4) is 0 Å². The second-order valence-corrected chi connectivity index (χ2v) is 9.96. The quantitative estimate of drug-likeness (QED) is 0.676. The lowest BCUT2D eigenvalue weighted by molar-refractivity contribution is 0.0207. The van der Waals surface area contributed by atoms with Crippen LogP contribution in [0.25, 0.3) is 16.6 Å². The van der Waals surface area contributed by atoms with Gasteiger partial charge in [-0.15, -0.1) is 0 Å². The van der Waals surface area contributed by atoms with Crippen molar-refractivity contribution in [2.45, 2.75) is 64.0 Å². The Morgan fingerprint density at radius 1 is 1.21 bits per heavy atom. The zero-order valence-corrected chi connectivity index (χ0v) is 20.4. The number of carbonyl (C=O) groups excluding carboxylic acids is 1. The molecule has 0 bridgehead atoms. The number of rotatable bonds is 4. The molecule has 1 amide bonds. The molecule has 1 aromatic heterocycles. The van der Waals surface area contributed by atoms with E-state index in [9.17, 15) is 4.79 Å². The zero-order valence-electron chi connectivity index (χ0n) is 20.4. The van der Waals surface area contributed by atoms with E-state index >= 15 is 0 Å². The van der Waals surface area contributed by atoms with E-state index < -0.39 is 5.60 Å². The molecule has 3 heterocycles. The fraction of sp³-hybridized carbons (Fsp3) is 0.538. The number of fused-ring (bicyclic) bond motifs is 1. The Morgan fingerprint density at radius 2 is 1.94 bits per heavy atom. The summed E-state index contributed by atoms with van der Waals surface area (Å²) in [6.45, 7) is 8.45. The van der Waals surface area contributed by atoms with Crippen LogP contribution in [0, 0.1) is 0 Å². The fourth-order valence-corrected chi connectivity index (χ4v) is 4.44. The molecule has 0 saturated carbocycles. The fourth-order valence-electron chi connectivity index (χ4n) is 4.44. The van der Waals surface area contributed by atoms with Gasteiger partial charge in [-0.2, -0.15) is 0 Å². The lowest BCUT2D eigenvalue weighted by atomic mass is 9.90. The summed E-state index contributed by atoms with van der Waals surface area (Å²) in [6, 6.07) is 6.31. The molecule has 0 atom stereocenters. The molecule has 2 fully saturated rings. The number of hydrogen-bond donors (Lipinski definition) is 1. The first-order valence-corrected chi connectivity index (χ1v) is 12.1. The van der Waals surface area contributed by atoms with Gasteiger partial charge >= 0.3 is 6.09 Å². The number of allylic oxidation sites excluding steroid dienone is 1. The maximum absolute atomic E-state index is 12.3. The van der Waals surface area contributed by atoms with Crippen LogP contribution >= 0.6 is 0 Å². The van der Waals surface area contributed by atoms with Crippen molar-refractivity contribution in [3.63, 3.8) is 0 Å². The molecule has 2 saturated heterocycles. The summed E-state index contributed by atoms with van der Waals surface area (Å²) < 4.78 is 11.0. The van der Waals surface area contributed by atoms with Gasteiger partial charge in [0.1, 0.15) is 5.60 Å². The van der Waals surface area contributed by atoms with Gasteiger partial charge in [0.05, 0.1) is 29.0 Å². The minimum Gasteiger partial charge on any atom is -0.444 e. The van der Waals surface area contributed by atoms with E-state index in [-0.39, 0.29) is 12.1 Å². The Hall–Kier alpha value is -3.00. The summed E-state index contributed by atoms with van der Waals surface area (Å²) in [5.74, 6) is 0.427. The second-order valence-electron chi connectivity index (χ2n) is 9.96. The predicted octanol–water partition coefficient (Wildman–Crippen LogP) is 4.29. The van der Waals surface area contributed by atoms with Crippen LogP contribution in [0.1, 0.15) is 63.6 Å². The van der Waals surface area contributed by atoms with Crippen LogP contribution in [0.2, 0.25) is 0 Å². The molecule has 0 unspecified atom stereocenters. The highest BCUT2D eigenvalue weighted by atomic mass is 16.6. The Bertz CT molecular complexity index is 1060. The molecular weight excluding hydrogens is 430 g/mol. The number of hydrogen-bond acceptors (Lipinski definition) is 7. The molecule has 2 aliphatic heterocycles. The molecule has 0 aliphatic carbocycles. The number of carbonyl (C=O) groups is 1. The van der Waals surface area contributed by atoms with Gasteiger partial charge in [-0.1, -0.05) is 12.1 Å². The summed E-state index contributed by atoms with van der Waals surface area (Å²) in [4.78, 5) is 28.4. The molecule has 2 aromatic rings. The summed E-state index contributed by atoms with van der Waals surface area (Å²) in [7, 11) is 0. The highest BCUT2D eigenvalue weighted by Crippen LogP contribution is 2.31. The summed E-state index contributed by atoms with van der Waals surface area (Å²) >= 11 is 0. The number of nitrogens with zero attached hydrogens (tertiary/aromatic N) is 4. The molecule has 8 nitrogen and oxygen atoms in total. The first kappa shape index (κ1) is 24.1. The van der Waals surface area contributed by atoms with Crippen LogP contribution in [0.15, 0.2) is 35.6 Å². The van der Waals surface area contributed by atoms with Gasteiger partial charge in [0.2, 0.25) is 0 Å². The average Bonchev–Trinajstić information content (AvgIpc) is 2.84. The van der Waals surface area contributed by atoms with Gasteiger partial charge in [0.15, 0.2) is 0 Å². The Balaban J connectivity index is 1.45. The summed E-state index contributed by atoms with van der Waals surface area (Å²) in [5, 5.41) is 0. The van der Waals surface area contributed by atoms with E-state index in [1.54, 1.807) is 17.3 Å². The SMILES string of the molecule is CC(C)(C)OC(=O)N1CCC(N=CC(=CN)c2cnc3cccc(C4CCOCC4)c3n2)CC1. The predicted molar refractivity (Wildman–Crippen MR) is 134 cm³/mol. The molecule has 0 spiro atoms. The number of aromatic nitrogens is 2. The number of para-hydroxylation sites is 1. The lowest BCUT2D eigenvalue weighted by Gasteiger charge is -2.32. The number of likely N-dealkylation sites (tertiary alicyclic amines) is 1. The van der Waals surface area contributed by atoms with E-state index in [1.165, 1.54) is 11.8 Å². The van der Waals surface area contributed by atoms with E-state index in [2.05, 4.69) is 11.1 Å². The third-order valence-electron chi connectivity index (χ3n) is 6.28. The number of nitrogens with two attached hydrogens (primary N) is 1. The van der Waals surface area contributed by atoms with Crippen LogP contribution in [-0.4, -0.2) is 65.1 Å². The highest BCUT2D eigenvalue weighted by molar-refractivity contribution is 6.09. The zero-order chi connectivity index (χ0) is 24.1. The lowest BCUT2D eigenvalue weighted by Crippen LogP contribution is -2.42. The van der Waals surface area contributed by atoms with Crippen molar-refractivity contribution < 1.29 is 14.3 Å². The highest BCUT2D eigenvalue weighted by Gasteiger charge is 2.26. The molecule has 1 aromatic carbocycles. The number of aliphatic imine (C=N–C) groups is 1. The van der Waals surface area contributed by atoms with Gasteiger partial charge in [0.25, 0.3) is 0 Å². The van der Waals surface area contributed by atoms with Crippen LogP contribution in [-0.2, 0) is 9.47 Å². The molecule has 182 valence electrons. The maximum Gasteiger partial charge on any atom is 0.410 e. The van der Waals surface area contributed by atoms with Gasteiger partial charge in [-0.25, -0.2) is 9.78 Å². The third kappa shape index (κ3) is 5.91. The molecule has 0 radical (unpaired) electrons. The van der Waals surface area contributed by atoms with Crippen LogP contribution in [0.4, 0.5) is 4.79 Å². The smallest absolute Gasteiger partial charge is 0.410 e. The van der Waals surface area contributed by atoms with Crippen LogP contribution < -0.4 is 5.73 Å². The second kappa shape index (κ2) is 10.5. The van der Waals surface area contributed by atoms with Crippen molar-refractivity contribution in [1.29, 1.82) is 0 Å². The van der Waals surface area contributed by atoms with E-state index in [0.717, 1.165) is 55.5 Å². The third-order valence-corrected chi connectivity index (χ3v) is 6.28. The number of benzene rings is 1. The van der Waals surface area contributed by atoms with Crippen molar-refractivity contribution in [1.82, 2.24) is 14.9 Å². The summed E-state index contributed by atoms with van der Waals surface area (Å²) in [5.41, 5.74) is 9.95. The molecule has 8 heteroatoms.